The minimum Gasteiger partial charge on any atom is -0.495 e. The lowest BCUT2D eigenvalue weighted by Crippen LogP contribution is -2.28. The highest BCUT2D eigenvalue weighted by atomic mass is 79.9. The highest BCUT2D eigenvalue weighted by molar-refractivity contribution is 9.10. The minimum atomic E-state index is -0.214. The lowest BCUT2D eigenvalue weighted by Gasteiger charge is -2.20. The van der Waals surface area contributed by atoms with E-state index in [4.69, 9.17) is 15.2 Å². The van der Waals surface area contributed by atoms with Crippen LogP contribution in [-0.2, 0) is 0 Å². The van der Waals surface area contributed by atoms with Crippen molar-refractivity contribution in [2.75, 3.05) is 20.8 Å². The Kier molecular flexibility index (Phi) is 5.82. The van der Waals surface area contributed by atoms with Gasteiger partial charge in [0, 0.05) is 12.5 Å². The first-order valence-corrected chi connectivity index (χ1v) is 6.91. The first-order chi connectivity index (χ1) is 8.97. The van der Waals surface area contributed by atoms with Gasteiger partial charge in [-0.25, -0.2) is 0 Å². The molecular weight excluding hydrogens is 310 g/mol. The third kappa shape index (κ3) is 3.28. The molecule has 1 atom stereocenters. The lowest BCUT2D eigenvalue weighted by atomic mass is 9.87. The highest BCUT2D eigenvalue weighted by Gasteiger charge is 2.26. The molecule has 2 N–H and O–H groups in total. The van der Waals surface area contributed by atoms with Crippen molar-refractivity contribution in [3.05, 3.63) is 22.2 Å². The van der Waals surface area contributed by atoms with Gasteiger partial charge in [-0.15, -0.1) is 0 Å². The number of halogens is 1. The minimum absolute atomic E-state index is 0.00213. The molecule has 0 saturated heterocycles. The van der Waals surface area contributed by atoms with Crippen LogP contribution in [0.15, 0.2) is 16.6 Å². The maximum Gasteiger partial charge on any atom is 0.171 e. The Bertz CT molecular complexity index is 460. The molecule has 1 aromatic rings. The summed E-state index contributed by atoms with van der Waals surface area (Å²) in [5, 5.41) is 0. The smallest absolute Gasteiger partial charge is 0.171 e. The first kappa shape index (κ1) is 16.0. The quantitative estimate of drug-likeness (QED) is 0.815. The standard InChI is InChI=1S/C14H20BrNO3/c1-8(2)10(7-16)13(17)9-5-6-11(18-3)12(15)14(9)19-4/h5-6,8,10H,7,16H2,1-4H3. The molecule has 1 aromatic carbocycles. The van der Waals surface area contributed by atoms with Gasteiger partial charge < -0.3 is 15.2 Å². The third-order valence-corrected chi connectivity index (χ3v) is 3.90. The Balaban J connectivity index is 3.27. The number of ketones is 1. The van der Waals surface area contributed by atoms with Gasteiger partial charge in [-0.2, -0.15) is 0 Å². The maximum atomic E-state index is 12.5. The van der Waals surface area contributed by atoms with Crippen molar-refractivity contribution in [1.29, 1.82) is 0 Å². The van der Waals surface area contributed by atoms with Gasteiger partial charge in [-0.3, -0.25) is 4.79 Å². The summed E-state index contributed by atoms with van der Waals surface area (Å²) in [6.07, 6.45) is 0. The van der Waals surface area contributed by atoms with Gasteiger partial charge in [0.05, 0.1) is 19.8 Å². The number of ether oxygens (including phenoxy) is 2. The molecule has 0 aliphatic rings. The van der Waals surface area contributed by atoms with Crippen LogP contribution in [0.4, 0.5) is 0 Å². The molecule has 0 amide bonds. The summed E-state index contributed by atoms with van der Waals surface area (Å²) < 4.78 is 11.2. The van der Waals surface area contributed by atoms with E-state index in [2.05, 4.69) is 15.9 Å². The number of rotatable bonds is 6. The molecule has 0 heterocycles. The predicted molar refractivity (Wildman–Crippen MR) is 79.0 cm³/mol. The van der Waals surface area contributed by atoms with Crippen LogP contribution in [0, 0.1) is 11.8 Å². The molecule has 1 rings (SSSR count). The topological polar surface area (TPSA) is 61.5 Å². The third-order valence-electron chi connectivity index (χ3n) is 3.15. The molecule has 5 heteroatoms. The molecule has 0 saturated carbocycles. The molecule has 0 fully saturated rings. The largest absolute Gasteiger partial charge is 0.495 e. The number of nitrogens with two attached hydrogens (primary N) is 1. The molecule has 0 aromatic heterocycles. The number of hydrogen-bond acceptors (Lipinski definition) is 4. The molecule has 4 nitrogen and oxygen atoms in total. The maximum absolute atomic E-state index is 12.5. The van der Waals surface area contributed by atoms with Crippen LogP contribution >= 0.6 is 15.9 Å². The van der Waals surface area contributed by atoms with Crippen molar-refractivity contribution in [2.24, 2.45) is 17.6 Å². The Labute approximate surface area is 122 Å². The van der Waals surface area contributed by atoms with E-state index < -0.39 is 0 Å². The number of benzene rings is 1. The number of carbonyl (C=O) groups excluding carboxylic acids is 1. The van der Waals surface area contributed by atoms with Crippen molar-refractivity contribution in [3.63, 3.8) is 0 Å². The monoisotopic (exact) mass is 329 g/mol. The number of methoxy groups -OCH3 is 2. The van der Waals surface area contributed by atoms with E-state index in [9.17, 15) is 4.79 Å². The van der Waals surface area contributed by atoms with Gasteiger partial charge >= 0.3 is 0 Å². The molecule has 0 bridgehead atoms. The lowest BCUT2D eigenvalue weighted by molar-refractivity contribution is 0.0889. The normalized spacial score (nSPS) is 12.4. The Morgan fingerprint density at radius 2 is 1.95 bits per heavy atom. The summed E-state index contributed by atoms with van der Waals surface area (Å²) in [6.45, 7) is 4.30. The van der Waals surface area contributed by atoms with Crippen LogP contribution in [0.25, 0.3) is 0 Å². The van der Waals surface area contributed by atoms with Crippen molar-refractivity contribution < 1.29 is 14.3 Å². The van der Waals surface area contributed by atoms with E-state index in [1.54, 1.807) is 19.2 Å². The van der Waals surface area contributed by atoms with E-state index in [0.29, 0.717) is 28.1 Å². The molecule has 0 aliphatic carbocycles. The van der Waals surface area contributed by atoms with E-state index >= 15 is 0 Å². The fraction of sp³-hybridized carbons (Fsp3) is 0.500. The molecule has 106 valence electrons. The summed E-state index contributed by atoms with van der Waals surface area (Å²) >= 11 is 3.40. The van der Waals surface area contributed by atoms with Crippen molar-refractivity contribution in [1.82, 2.24) is 0 Å². The Morgan fingerprint density at radius 1 is 1.32 bits per heavy atom. The van der Waals surface area contributed by atoms with Crippen LogP contribution in [-0.4, -0.2) is 26.5 Å². The molecule has 0 aliphatic heterocycles. The fourth-order valence-corrected chi connectivity index (χ4v) is 2.64. The average Bonchev–Trinajstić information content (AvgIpc) is 2.38. The fourth-order valence-electron chi connectivity index (χ4n) is 1.97. The van der Waals surface area contributed by atoms with E-state index in [0.717, 1.165) is 0 Å². The zero-order valence-electron chi connectivity index (χ0n) is 11.7. The van der Waals surface area contributed by atoms with Crippen molar-refractivity contribution >= 4 is 21.7 Å². The number of Topliss-reactive ketones (excluding diaryl/α,β-unsaturated/α-hetero) is 1. The van der Waals surface area contributed by atoms with Crippen LogP contribution in [0.2, 0.25) is 0 Å². The number of hydrogen-bond donors (Lipinski definition) is 1. The molecule has 0 spiro atoms. The van der Waals surface area contributed by atoms with Crippen molar-refractivity contribution in [2.45, 2.75) is 13.8 Å². The van der Waals surface area contributed by atoms with Gasteiger partial charge in [-0.1, -0.05) is 13.8 Å². The molecule has 0 radical (unpaired) electrons. The van der Waals surface area contributed by atoms with E-state index in [-0.39, 0.29) is 17.6 Å². The van der Waals surface area contributed by atoms with Crippen LogP contribution in [0.1, 0.15) is 24.2 Å². The van der Waals surface area contributed by atoms with Gasteiger partial charge in [0.25, 0.3) is 0 Å². The van der Waals surface area contributed by atoms with Crippen molar-refractivity contribution in [3.8, 4) is 11.5 Å². The highest BCUT2D eigenvalue weighted by Crippen LogP contribution is 2.38. The predicted octanol–water partition coefficient (Wildman–Crippen LogP) is 2.88. The van der Waals surface area contributed by atoms with Crippen LogP contribution in [0.3, 0.4) is 0 Å². The summed E-state index contributed by atoms with van der Waals surface area (Å²) in [5.41, 5.74) is 6.23. The van der Waals surface area contributed by atoms with Crippen LogP contribution < -0.4 is 15.2 Å². The SMILES string of the molecule is COc1ccc(C(=O)C(CN)C(C)C)c(OC)c1Br. The number of carbonyl (C=O) groups is 1. The second-order valence-corrected chi connectivity index (χ2v) is 5.41. The Morgan fingerprint density at radius 3 is 2.37 bits per heavy atom. The van der Waals surface area contributed by atoms with E-state index in [1.165, 1.54) is 7.11 Å². The Hall–Kier alpha value is -1.07. The second kappa shape index (κ2) is 6.91. The van der Waals surface area contributed by atoms with E-state index in [1.807, 2.05) is 13.8 Å². The van der Waals surface area contributed by atoms with Gasteiger partial charge in [0.1, 0.15) is 16.0 Å². The van der Waals surface area contributed by atoms with Crippen LogP contribution in [0.5, 0.6) is 11.5 Å². The van der Waals surface area contributed by atoms with Gasteiger partial charge in [0.15, 0.2) is 5.78 Å². The summed E-state index contributed by atoms with van der Waals surface area (Å²) in [6, 6.07) is 3.46. The zero-order chi connectivity index (χ0) is 14.6. The second-order valence-electron chi connectivity index (χ2n) is 4.61. The van der Waals surface area contributed by atoms with Gasteiger partial charge in [0.2, 0.25) is 0 Å². The molecule has 1 unspecified atom stereocenters. The molecule has 19 heavy (non-hydrogen) atoms. The first-order valence-electron chi connectivity index (χ1n) is 6.12. The van der Waals surface area contributed by atoms with Gasteiger partial charge in [-0.05, 0) is 34.0 Å². The summed E-state index contributed by atoms with van der Waals surface area (Å²) in [5.74, 6) is 1.08. The molecular formula is C14H20BrNO3. The summed E-state index contributed by atoms with van der Waals surface area (Å²) in [7, 11) is 3.10. The average molecular weight is 330 g/mol. The summed E-state index contributed by atoms with van der Waals surface area (Å²) in [4.78, 5) is 12.5. The zero-order valence-corrected chi connectivity index (χ0v) is 13.3.